The van der Waals surface area contributed by atoms with E-state index in [4.69, 9.17) is 0 Å². The van der Waals surface area contributed by atoms with Crippen LogP contribution in [0.3, 0.4) is 0 Å². The SMILES string of the molecule is CCCCCc1ccc([C@H]2CC[C@H]([C@H]3CC[C@H](C/C=C/F)CC3)CC2)cc1. The van der Waals surface area contributed by atoms with Crippen LogP contribution in [0, 0.1) is 17.8 Å². The Kier molecular flexibility index (Phi) is 8.42. The summed E-state index contributed by atoms with van der Waals surface area (Å²) in [4.78, 5) is 0. The minimum absolute atomic E-state index is 0.727. The molecular formula is C26H39F. The molecule has 0 saturated heterocycles. The van der Waals surface area contributed by atoms with Gasteiger partial charge in [0.2, 0.25) is 0 Å². The second kappa shape index (κ2) is 11.0. The summed E-state index contributed by atoms with van der Waals surface area (Å²) in [5.41, 5.74) is 3.09. The molecule has 2 aliphatic rings. The largest absolute Gasteiger partial charge is 0.216 e. The van der Waals surface area contributed by atoms with Crippen molar-refractivity contribution in [3.8, 4) is 0 Å². The number of aryl methyl sites for hydroxylation is 1. The van der Waals surface area contributed by atoms with E-state index in [0.717, 1.165) is 36.4 Å². The van der Waals surface area contributed by atoms with E-state index in [1.165, 1.54) is 82.6 Å². The molecule has 0 aliphatic heterocycles. The van der Waals surface area contributed by atoms with Crippen molar-refractivity contribution in [1.82, 2.24) is 0 Å². The van der Waals surface area contributed by atoms with Crippen LogP contribution in [-0.2, 0) is 6.42 Å². The van der Waals surface area contributed by atoms with Crippen LogP contribution >= 0.6 is 0 Å². The smallest absolute Gasteiger partial charge is 0.0827 e. The average molecular weight is 371 g/mol. The molecule has 0 radical (unpaired) electrons. The molecule has 0 heterocycles. The summed E-state index contributed by atoms with van der Waals surface area (Å²) >= 11 is 0. The number of hydrogen-bond acceptors (Lipinski definition) is 0. The fourth-order valence-electron chi connectivity index (χ4n) is 5.60. The Morgan fingerprint density at radius 1 is 0.852 bits per heavy atom. The minimum Gasteiger partial charge on any atom is -0.216 e. The van der Waals surface area contributed by atoms with E-state index in [9.17, 15) is 4.39 Å². The second-order valence-corrected chi connectivity index (χ2v) is 9.19. The maximum Gasteiger partial charge on any atom is 0.0827 e. The predicted octanol–water partition coefficient (Wildman–Crippen LogP) is 8.37. The zero-order chi connectivity index (χ0) is 18.9. The maximum absolute atomic E-state index is 12.2. The van der Waals surface area contributed by atoms with Crippen LogP contribution in [0.1, 0.15) is 101 Å². The van der Waals surface area contributed by atoms with Gasteiger partial charge in [0.15, 0.2) is 0 Å². The summed E-state index contributed by atoms with van der Waals surface area (Å²) in [5.74, 6) is 3.42. The Bertz CT molecular complexity index is 542. The van der Waals surface area contributed by atoms with Crippen molar-refractivity contribution in [1.29, 1.82) is 0 Å². The van der Waals surface area contributed by atoms with Crippen LogP contribution < -0.4 is 0 Å². The second-order valence-electron chi connectivity index (χ2n) is 9.19. The molecule has 1 aromatic carbocycles. The highest BCUT2D eigenvalue weighted by Crippen LogP contribution is 2.44. The Morgan fingerprint density at radius 2 is 1.48 bits per heavy atom. The summed E-state index contributed by atoms with van der Waals surface area (Å²) in [5, 5.41) is 0. The van der Waals surface area contributed by atoms with Crippen molar-refractivity contribution in [2.24, 2.45) is 17.8 Å². The lowest BCUT2D eigenvalue weighted by Gasteiger charge is -2.38. The Balaban J connectivity index is 1.41. The van der Waals surface area contributed by atoms with Gasteiger partial charge in [-0.1, -0.05) is 50.1 Å². The van der Waals surface area contributed by atoms with Gasteiger partial charge in [-0.25, -0.2) is 4.39 Å². The first-order valence-electron chi connectivity index (χ1n) is 11.6. The topological polar surface area (TPSA) is 0 Å². The lowest BCUT2D eigenvalue weighted by Crippen LogP contribution is -2.25. The fourth-order valence-corrected chi connectivity index (χ4v) is 5.60. The summed E-state index contributed by atoms with van der Waals surface area (Å²) in [7, 11) is 0. The predicted molar refractivity (Wildman–Crippen MR) is 115 cm³/mol. The summed E-state index contributed by atoms with van der Waals surface area (Å²) in [6.07, 6.45) is 19.6. The molecule has 0 aromatic heterocycles. The molecule has 0 spiro atoms. The van der Waals surface area contributed by atoms with Crippen LogP contribution in [0.5, 0.6) is 0 Å². The quantitative estimate of drug-likeness (QED) is 0.403. The van der Waals surface area contributed by atoms with Gasteiger partial charge in [-0.05, 0) is 105 Å². The molecule has 0 bridgehead atoms. The molecular weight excluding hydrogens is 331 g/mol. The zero-order valence-electron chi connectivity index (χ0n) is 17.3. The van der Waals surface area contributed by atoms with Gasteiger partial charge in [0.25, 0.3) is 0 Å². The molecule has 1 heteroatoms. The molecule has 0 atom stereocenters. The van der Waals surface area contributed by atoms with Crippen molar-refractivity contribution in [2.45, 2.75) is 96.3 Å². The van der Waals surface area contributed by atoms with Gasteiger partial charge in [0.05, 0.1) is 6.33 Å². The third kappa shape index (κ3) is 6.19. The Labute approximate surface area is 166 Å². The van der Waals surface area contributed by atoms with E-state index in [0.29, 0.717) is 0 Å². The standard InChI is InChI=1S/C26H39F/c1-2-3-4-6-21-8-12-23(13-9-21)25-16-18-26(19-17-25)24-14-10-22(11-15-24)7-5-20-27/h5,8-9,12-13,20,22,24-26H,2-4,6-7,10-11,14-19H2,1H3/b20-5+/t22-,24-,25-,26-. The van der Waals surface area contributed by atoms with Gasteiger partial charge in [-0.2, -0.15) is 0 Å². The lowest BCUT2D eigenvalue weighted by molar-refractivity contribution is 0.160. The number of halogens is 1. The summed E-state index contributed by atoms with van der Waals surface area (Å²) < 4.78 is 12.2. The Morgan fingerprint density at radius 3 is 2.07 bits per heavy atom. The van der Waals surface area contributed by atoms with Crippen LogP contribution in [0.2, 0.25) is 0 Å². The molecule has 2 aliphatic carbocycles. The third-order valence-corrected chi connectivity index (χ3v) is 7.41. The number of hydrogen-bond donors (Lipinski definition) is 0. The van der Waals surface area contributed by atoms with Crippen molar-refractivity contribution in [3.05, 3.63) is 47.8 Å². The van der Waals surface area contributed by atoms with Crippen molar-refractivity contribution < 1.29 is 4.39 Å². The van der Waals surface area contributed by atoms with Gasteiger partial charge >= 0.3 is 0 Å². The van der Waals surface area contributed by atoms with Gasteiger partial charge in [-0.3, -0.25) is 0 Å². The van der Waals surface area contributed by atoms with Crippen LogP contribution in [0.25, 0.3) is 0 Å². The average Bonchev–Trinajstić information content (AvgIpc) is 2.73. The molecule has 0 nitrogen and oxygen atoms in total. The highest BCUT2D eigenvalue weighted by molar-refractivity contribution is 5.26. The van der Waals surface area contributed by atoms with Crippen LogP contribution in [0.4, 0.5) is 4.39 Å². The number of allylic oxidation sites excluding steroid dienone is 1. The molecule has 1 aromatic rings. The van der Waals surface area contributed by atoms with Crippen molar-refractivity contribution in [3.63, 3.8) is 0 Å². The number of benzene rings is 1. The van der Waals surface area contributed by atoms with Crippen molar-refractivity contribution >= 4 is 0 Å². The first-order chi connectivity index (χ1) is 13.3. The summed E-state index contributed by atoms with van der Waals surface area (Å²) in [6, 6.07) is 9.58. The molecule has 0 unspecified atom stereocenters. The van der Waals surface area contributed by atoms with E-state index in [1.807, 2.05) is 0 Å². The maximum atomic E-state index is 12.2. The van der Waals surface area contributed by atoms with E-state index >= 15 is 0 Å². The van der Waals surface area contributed by atoms with Crippen LogP contribution in [-0.4, -0.2) is 0 Å². The number of unbranched alkanes of at least 4 members (excludes halogenated alkanes) is 2. The Hall–Kier alpha value is -1.11. The molecule has 150 valence electrons. The molecule has 0 N–H and O–H groups in total. The van der Waals surface area contributed by atoms with Gasteiger partial charge in [-0.15, -0.1) is 0 Å². The molecule has 27 heavy (non-hydrogen) atoms. The lowest BCUT2D eigenvalue weighted by atomic mass is 9.68. The minimum atomic E-state index is 0.727. The molecule has 0 amide bonds. The molecule has 2 saturated carbocycles. The first kappa shape index (κ1) is 20.6. The van der Waals surface area contributed by atoms with Crippen LogP contribution in [0.15, 0.2) is 36.7 Å². The van der Waals surface area contributed by atoms with E-state index < -0.39 is 0 Å². The van der Waals surface area contributed by atoms with Gasteiger partial charge in [0.1, 0.15) is 0 Å². The van der Waals surface area contributed by atoms with E-state index in [1.54, 1.807) is 11.6 Å². The zero-order valence-corrected chi connectivity index (χ0v) is 17.3. The number of rotatable bonds is 8. The normalized spacial score (nSPS) is 29.3. The van der Waals surface area contributed by atoms with Gasteiger partial charge < -0.3 is 0 Å². The highest BCUT2D eigenvalue weighted by Gasteiger charge is 2.30. The first-order valence-corrected chi connectivity index (χ1v) is 11.6. The van der Waals surface area contributed by atoms with E-state index in [2.05, 4.69) is 31.2 Å². The third-order valence-electron chi connectivity index (χ3n) is 7.41. The molecule has 2 fully saturated rings. The van der Waals surface area contributed by atoms with Gasteiger partial charge in [0, 0.05) is 0 Å². The monoisotopic (exact) mass is 370 g/mol. The van der Waals surface area contributed by atoms with E-state index in [-0.39, 0.29) is 0 Å². The fraction of sp³-hybridized carbons (Fsp3) is 0.692. The summed E-state index contributed by atoms with van der Waals surface area (Å²) in [6.45, 7) is 2.27. The highest BCUT2D eigenvalue weighted by atomic mass is 19.1. The molecule has 3 rings (SSSR count). The van der Waals surface area contributed by atoms with Crippen molar-refractivity contribution in [2.75, 3.05) is 0 Å².